The van der Waals surface area contributed by atoms with Gasteiger partial charge in [-0.1, -0.05) is 24.3 Å². The molecular formula is C66H71N9O14. The maximum absolute atomic E-state index is 11.9. The van der Waals surface area contributed by atoms with Gasteiger partial charge in [-0.05, 0) is 171 Å². The number of amides is 8. The van der Waals surface area contributed by atoms with E-state index >= 15 is 0 Å². The van der Waals surface area contributed by atoms with E-state index < -0.39 is 34.9 Å². The van der Waals surface area contributed by atoms with E-state index in [0.29, 0.717) is 80.1 Å². The fourth-order valence-electron chi connectivity index (χ4n) is 12.0. The number of benzene rings is 5. The third-order valence-electron chi connectivity index (χ3n) is 15.9. The lowest BCUT2D eigenvalue weighted by Crippen LogP contribution is -2.34. The van der Waals surface area contributed by atoms with Crippen molar-refractivity contribution in [2.75, 3.05) is 39.8 Å². The average molecular weight is 1210 g/mol. The number of imide groups is 1. The number of hydrogen-bond acceptors (Lipinski definition) is 16. The van der Waals surface area contributed by atoms with Crippen molar-refractivity contribution in [3.63, 3.8) is 0 Å². The van der Waals surface area contributed by atoms with E-state index in [4.69, 9.17) is 29.6 Å². The van der Waals surface area contributed by atoms with Gasteiger partial charge in [0.05, 0.1) is 24.7 Å². The van der Waals surface area contributed by atoms with Crippen molar-refractivity contribution in [1.82, 2.24) is 5.32 Å². The molecule has 5 aliphatic carbocycles. The van der Waals surface area contributed by atoms with Crippen LogP contribution >= 0.6 is 0 Å². The summed E-state index contributed by atoms with van der Waals surface area (Å²) in [7, 11) is 0. The van der Waals surface area contributed by atoms with Crippen LogP contribution < -0.4 is 31.9 Å². The summed E-state index contributed by atoms with van der Waals surface area (Å²) < 4.78 is 21.3. The summed E-state index contributed by atoms with van der Waals surface area (Å²) in [5, 5.41) is 43.4. The van der Waals surface area contributed by atoms with E-state index in [1.54, 1.807) is 49.4 Å². The van der Waals surface area contributed by atoms with E-state index in [1.807, 2.05) is 62.4 Å². The highest BCUT2D eigenvalue weighted by Crippen LogP contribution is 2.47. The Bertz CT molecular complexity index is 3820. The molecule has 0 saturated carbocycles. The largest absolute Gasteiger partial charge is 0.479 e. The predicted octanol–water partition coefficient (Wildman–Crippen LogP) is 9.36. The van der Waals surface area contributed by atoms with Crippen molar-refractivity contribution >= 4 is 93.6 Å². The second kappa shape index (κ2) is 26.9. The van der Waals surface area contributed by atoms with Crippen LogP contribution in [0, 0.1) is 16.7 Å². The number of nitrogens with one attached hydrogen (secondary N) is 7. The molecule has 89 heavy (non-hydrogen) atoms. The minimum Gasteiger partial charge on any atom is -0.479 e. The molecule has 23 nitrogen and oxygen atoms in total. The Kier molecular flexibility index (Phi) is 19.6. The van der Waals surface area contributed by atoms with Gasteiger partial charge in [-0.2, -0.15) is 5.26 Å². The third kappa shape index (κ3) is 14.3. The van der Waals surface area contributed by atoms with E-state index in [-0.39, 0.29) is 46.6 Å². The number of hydrogen-bond donors (Lipinski definition) is 8. The van der Waals surface area contributed by atoms with Crippen LogP contribution in [0.3, 0.4) is 0 Å². The molecule has 2 aliphatic heterocycles. The van der Waals surface area contributed by atoms with E-state index in [2.05, 4.69) is 43.0 Å². The van der Waals surface area contributed by atoms with Crippen LogP contribution in [0.25, 0.3) is 0 Å². The Morgan fingerprint density at radius 3 is 1.47 bits per heavy atom. The number of Topliss-reactive ketones (excluding diaryl/α,β-unsaturated/α-hetero) is 1. The number of fused-ring (bicyclic) bond motifs is 7. The molecule has 3 unspecified atom stereocenters. The minimum atomic E-state index is -1.33. The summed E-state index contributed by atoms with van der Waals surface area (Å²) in [6, 6.07) is 29.7. The van der Waals surface area contributed by atoms with Gasteiger partial charge < -0.3 is 50.6 Å². The molecule has 8 N–H and O–H groups in total. The normalized spacial score (nSPS) is 21.1. The first-order chi connectivity index (χ1) is 42.2. The van der Waals surface area contributed by atoms with Crippen LogP contribution in [0.5, 0.6) is 0 Å². The van der Waals surface area contributed by atoms with Crippen molar-refractivity contribution in [3.05, 3.63) is 147 Å². The molecule has 0 bridgehead atoms. The second-order valence-corrected chi connectivity index (χ2v) is 22.5. The van der Waals surface area contributed by atoms with Gasteiger partial charge in [0, 0.05) is 99.0 Å². The monoisotopic (exact) mass is 1210 g/mol. The maximum atomic E-state index is 11.9. The highest BCUT2D eigenvalue weighted by molar-refractivity contribution is 6.05. The smallest absolute Gasteiger partial charge is 0.438 e. The Hall–Kier alpha value is -10.1. The van der Waals surface area contributed by atoms with Gasteiger partial charge >= 0.3 is 12.2 Å². The molecule has 0 radical (unpaired) electrons. The zero-order valence-corrected chi connectivity index (χ0v) is 50.8. The summed E-state index contributed by atoms with van der Waals surface area (Å²) in [5.41, 5.74) is 9.23. The number of ether oxygens (including phenoxy) is 4. The van der Waals surface area contributed by atoms with Crippen LogP contribution in [0.1, 0.15) is 148 Å². The fourth-order valence-corrected chi connectivity index (χ4v) is 12.0. The quantitative estimate of drug-likeness (QED) is 0.0530. The Labute approximate surface area is 514 Å². The number of alkyl carbamates (subject to hydrolysis) is 1. The van der Waals surface area contributed by atoms with Crippen molar-refractivity contribution < 1.29 is 67.2 Å². The number of ketones is 1. The van der Waals surface area contributed by atoms with Crippen molar-refractivity contribution in [3.8, 4) is 6.07 Å². The number of aryl methyl sites for hydroxylation is 5. The number of rotatable bonds is 8. The van der Waals surface area contributed by atoms with Crippen molar-refractivity contribution in [2.45, 2.75) is 142 Å². The van der Waals surface area contributed by atoms with Gasteiger partial charge in [0.25, 0.3) is 5.91 Å². The molecule has 2 spiro atoms. The summed E-state index contributed by atoms with van der Waals surface area (Å²) in [5.74, 6) is -0.547. The van der Waals surface area contributed by atoms with Crippen LogP contribution in [-0.2, 0) is 102 Å². The van der Waals surface area contributed by atoms with Crippen LogP contribution in [0.2, 0.25) is 0 Å². The molecule has 2 heterocycles. The SMILES string of the molecule is CC(=O)Nc1ccc2c(c1)CCC2(C)C#N.CC(=O)Nc1ccc2c(c1)CCC2=O.CC(=O)Nc1ccc2c(c1)CC[C@@]21OC(=O)NC1=O.CCOC(=N)C1(O)CCc2cc(NC(C)=O)ccc21.CCOC1=NC(=O)OC12CCc1cc(NC(C)=O)ccc12. The predicted molar refractivity (Wildman–Crippen MR) is 329 cm³/mol. The average Bonchev–Trinajstić information content (AvgIpc) is 2.44. The van der Waals surface area contributed by atoms with E-state index in [1.165, 1.54) is 40.2 Å². The Morgan fingerprint density at radius 1 is 0.573 bits per heavy atom. The zero-order chi connectivity index (χ0) is 64.6. The van der Waals surface area contributed by atoms with Crippen LogP contribution in [0.4, 0.5) is 38.0 Å². The van der Waals surface area contributed by atoms with Gasteiger partial charge in [0.1, 0.15) is 0 Å². The lowest BCUT2D eigenvalue weighted by atomic mass is 9.86. The summed E-state index contributed by atoms with van der Waals surface area (Å²) in [6.45, 7) is 13.7. The van der Waals surface area contributed by atoms with Gasteiger partial charge in [0.2, 0.25) is 52.5 Å². The molecule has 4 atom stereocenters. The van der Waals surface area contributed by atoms with Gasteiger partial charge in [-0.3, -0.25) is 44.3 Å². The van der Waals surface area contributed by atoms with Gasteiger partial charge in [0.15, 0.2) is 11.4 Å². The molecule has 5 aromatic carbocycles. The molecule has 5 aromatic rings. The molecule has 464 valence electrons. The number of aliphatic imine (C=N–C) groups is 1. The number of anilines is 5. The van der Waals surface area contributed by atoms with Crippen molar-refractivity contribution in [1.29, 1.82) is 10.7 Å². The molecule has 1 fully saturated rings. The lowest BCUT2D eigenvalue weighted by Gasteiger charge is -2.24. The maximum Gasteiger partial charge on any atom is 0.438 e. The third-order valence-corrected chi connectivity index (χ3v) is 15.9. The molecule has 12 rings (SSSR count). The first-order valence-electron chi connectivity index (χ1n) is 29.2. The van der Waals surface area contributed by atoms with E-state index in [0.717, 1.165) is 81.7 Å². The first kappa shape index (κ1) is 64.9. The zero-order valence-electron chi connectivity index (χ0n) is 50.8. The summed E-state index contributed by atoms with van der Waals surface area (Å²) in [6.07, 6.45) is 5.35. The Morgan fingerprint density at radius 2 is 1.00 bits per heavy atom. The number of nitriles is 1. The molecule has 1 saturated heterocycles. The van der Waals surface area contributed by atoms with E-state index in [9.17, 15) is 48.3 Å². The Balaban J connectivity index is 0.000000145. The highest BCUT2D eigenvalue weighted by atomic mass is 16.6. The van der Waals surface area contributed by atoms with Crippen molar-refractivity contribution in [2.24, 2.45) is 4.99 Å². The second-order valence-electron chi connectivity index (χ2n) is 22.5. The standard InChI is InChI=1S/C15H16N2O4.C14H18N2O3.C13H12N2O4.C13H14N2O.C11H11NO2/c1-3-20-13-15(21-14(19)17-13)7-6-10-8-11(16-9(2)18)4-5-12(10)15;1-3-19-13(15)14(18)7-6-10-8-11(16-9(2)17)4-5-12(10)14;1-7(16)14-9-2-3-10-8(6-9)4-5-13(10)11(17)15-12(18)19-13;1-9(16)15-11-3-4-12-10(7-11)5-6-13(12,2)8-14;1-7(13)12-9-3-4-10-8(6-9)2-5-11(10)14/h4-5,8H,3,6-7H2,1-2H3,(H,16,18);4-5,8,15,18H,3,6-7H2,1-2H3,(H,16,17);2-3,6H,4-5H2,1H3,(H,14,16)(H,15,17,18);3-4,7H,5-6H2,1-2H3,(H,15,16);3-4,6H,2,5H2,1H3,(H,12,13)/t;;13-;;/m..1../s1. The molecule has 8 amide bonds. The van der Waals surface area contributed by atoms with Crippen LogP contribution in [-0.4, -0.2) is 83.5 Å². The highest BCUT2D eigenvalue weighted by Gasteiger charge is 2.55. The van der Waals surface area contributed by atoms with Gasteiger partial charge in [-0.15, -0.1) is 4.99 Å². The molecule has 0 aromatic heterocycles. The minimum absolute atomic E-state index is 0.0685. The van der Waals surface area contributed by atoms with Crippen LogP contribution in [0.15, 0.2) is 96.0 Å². The first-order valence-corrected chi connectivity index (χ1v) is 29.2. The summed E-state index contributed by atoms with van der Waals surface area (Å²) >= 11 is 0. The molecule has 7 aliphatic rings. The summed E-state index contributed by atoms with van der Waals surface area (Å²) in [4.78, 5) is 105. The number of carbonyl (C=O) groups excluding carboxylic acids is 9. The topological polar surface area (TPSA) is 343 Å². The fraction of sp³-hybridized carbons (Fsp3) is 0.364. The number of nitrogens with zero attached hydrogens (tertiary/aromatic N) is 2. The van der Waals surface area contributed by atoms with Gasteiger partial charge in [-0.25, -0.2) is 9.59 Å². The lowest BCUT2D eigenvalue weighted by molar-refractivity contribution is -0.132. The number of aliphatic hydroxyl groups is 1. The molecule has 23 heteroatoms. The number of carbonyl (C=O) groups is 9. The molecular weight excluding hydrogens is 1140 g/mol.